The molecule has 0 saturated carbocycles. The number of benzene rings is 1. The fraction of sp³-hybridized carbons (Fsp3) is 0.167. The van der Waals surface area contributed by atoms with Gasteiger partial charge in [0.05, 0.1) is 6.04 Å². The van der Waals surface area contributed by atoms with Gasteiger partial charge < -0.3 is 5.32 Å². The van der Waals surface area contributed by atoms with E-state index >= 15 is 0 Å². The number of nitrogens with one attached hydrogen (secondary N) is 1. The second-order valence-electron chi connectivity index (χ2n) is 5.22. The third-order valence-electron chi connectivity index (χ3n) is 3.41. The molecule has 2 aromatic heterocycles. The van der Waals surface area contributed by atoms with E-state index in [1.807, 2.05) is 50.4 Å². The molecular weight excluding hydrogens is 272 g/mol. The summed E-state index contributed by atoms with van der Waals surface area (Å²) >= 11 is 0. The highest BCUT2D eigenvalue weighted by atomic mass is 15.0. The van der Waals surface area contributed by atoms with Crippen molar-refractivity contribution < 1.29 is 0 Å². The van der Waals surface area contributed by atoms with Crippen molar-refractivity contribution in [1.29, 1.82) is 0 Å². The van der Waals surface area contributed by atoms with Crippen molar-refractivity contribution in [3.63, 3.8) is 0 Å². The van der Waals surface area contributed by atoms with Crippen LogP contribution >= 0.6 is 0 Å². The fourth-order valence-electron chi connectivity index (χ4n) is 2.49. The quantitative estimate of drug-likeness (QED) is 0.796. The molecule has 0 radical (unpaired) electrons. The molecule has 3 rings (SSSR count). The number of aromatic nitrogens is 3. The van der Waals surface area contributed by atoms with Crippen LogP contribution < -0.4 is 5.32 Å². The molecule has 1 aromatic carbocycles. The van der Waals surface area contributed by atoms with Crippen LogP contribution in [0.5, 0.6) is 0 Å². The van der Waals surface area contributed by atoms with Gasteiger partial charge >= 0.3 is 0 Å². The molecule has 0 aliphatic carbocycles. The first kappa shape index (κ1) is 14.2. The number of rotatable bonds is 4. The van der Waals surface area contributed by atoms with Gasteiger partial charge in [0.15, 0.2) is 0 Å². The van der Waals surface area contributed by atoms with Crippen LogP contribution in [0.4, 0.5) is 5.82 Å². The van der Waals surface area contributed by atoms with Gasteiger partial charge in [-0.15, -0.1) is 0 Å². The first-order valence-electron chi connectivity index (χ1n) is 7.26. The second kappa shape index (κ2) is 6.35. The van der Waals surface area contributed by atoms with Gasteiger partial charge in [0.25, 0.3) is 0 Å². The van der Waals surface area contributed by atoms with E-state index in [0.29, 0.717) is 0 Å². The highest BCUT2D eigenvalue weighted by molar-refractivity contribution is 5.44. The maximum Gasteiger partial charge on any atom is 0.130 e. The molecule has 0 fully saturated rings. The summed E-state index contributed by atoms with van der Waals surface area (Å²) in [6.07, 6.45) is 3.66. The van der Waals surface area contributed by atoms with Crippen molar-refractivity contribution >= 4 is 5.82 Å². The minimum atomic E-state index is 0.00333. The lowest BCUT2D eigenvalue weighted by Crippen LogP contribution is -2.14. The maximum atomic E-state index is 4.48. The predicted molar refractivity (Wildman–Crippen MR) is 87.7 cm³/mol. The monoisotopic (exact) mass is 290 g/mol. The lowest BCUT2D eigenvalue weighted by atomic mass is 10.0. The Balaban J connectivity index is 1.99. The zero-order valence-electron chi connectivity index (χ0n) is 12.7. The van der Waals surface area contributed by atoms with E-state index in [2.05, 4.69) is 38.5 Å². The molecule has 0 bridgehead atoms. The molecule has 4 heteroatoms. The Morgan fingerprint density at radius 2 is 1.68 bits per heavy atom. The Bertz CT molecular complexity index is 682. The van der Waals surface area contributed by atoms with E-state index in [4.69, 9.17) is 0 Å². The van der Waals surface area contributed by atoms with Gasteiger partial charge in [0.1, 0.15) is 11.6 Å². The van der Waals surface area contributed by atoms with Crippen LogP contribution in [0.2, 0.25) is 0 Å². The molecule has 0 aliphatic rings. The average Bonchev–Trinajstić information content (AvgIpc) is 2.53. The molecule has 0 amide bonds. The first-order chi connectivity index (χ1) is 10.7. The maximum absolute atomic E-state index is 4.48. The number of aryl methyl sites for hydroxylation is 2. The van der Waals surface area contributed by atoms with Gasteiger partial charge in [-0.25, -0.2) is 9.97 Å². The van der Waals surface area contributed by atoms with E-state index in [1.165, 1.54) is 5.56 Å². The standard InChI is InChI=1S/C18H18N4/c1-13-11-17(21-14(2)20-13)22-18(15-7-4-3-5-8-15)16-9-6-10-19-12-16/h3-12,18H,1-2H3,(H,20,21,22)/t18-/m0/s1. The summed E-state index contributed by atoms with van der Waals surface area (Å²) in [7, 11) is 0. The largest absolute Gasteiger partial charge is 0.359 e. The topological polar surface area (TPSA) is 50.7 Å². The molecule has 0 spiro atoms. The van der Waals surface area contributed by atoms with Crippen LogP contribution in [0.25, 0.3) is 0 Å². The Hall–Kier alpha value is -2.75. The van der Waals surface area contributed by atoms with Crippen LogP contribution in [-0.4, -0.2) is 15.0 Å². The van der Waals surface area contributed by atoms with Crippen LogP contribution in [0.15, 0.2) is 60.9 Å². The van der Waals surface area contributed by atoms with Crippen molar-refractivity contribution in [2.75, 3.05) is 5.32 Å². The molecule has 0 saturated heterocycles. The lowest BCUT2D eigenvalue weighted by Gasteiger charge is -2.20. The number of pyridine rings is 1. The van der Waals surface area contributed by atoms with Crippen LogP contribution in [-0.2, 0) is 0 Å². The van der Waals surface area contributed by atoms with Gasteiger partial charge in [-0.2, -0.15) is 0 Å². The van der Waals surface area contributed by atoms with Crippen LogP contribution in [0, 0.1) is 13.8 Å². The summed E-state index contributed by atoms with van der Waals surface area (Å²) in [5, 5.41) is 3.50. The highest BCUT2D eigenvalue weighted by Gasteiger charge is 2.15. The minimum Gasteiger partial charge on any atom is -0.359 e. The van der Waals surface area contributed by atoms with Crippen molar-refractivity contribution in [2.24, 2.45) is 0 Å². The molecular formula is C18H18N4. The highest BCUT2D eigenvalue weighted by Crippen LogP contribution is 2.25. The Kier molecular flexibility index (Phi) is 4.10. The van der Waals surface area contributed by atoms with E-state index in [-0.39, 0.29) is 6.04 Å². The second-order valence-corrected chi connectivity index (χ2v) is 5.22. The molecule has 110 valence electrons. The Labute approximate surface area is 130 Å². The van der Waals surface area contributed by atoms with E-state index < -0.39 is 0 Å². The Morgan fingerprint density at radius 3 is 2.36 bits per heavy atom. The minimum absolute atomic E-state index is 0.00333. The van der Waals surface area contributed by atoms with Gasteiger partial charge in [-0.1, -0.05) is 36.4 Å². The summed E-state index contributed by atoms with van der Waals surface area (Å²) in [6, 6.07) is 16.3. The molecule has 0 unspecified atom stereocenters. The SMILES string of the molecule is Cc1cc(N[C@@H](c2ccccc2)c2cccnc2)nc(C)n1. The molecule has 22 heavy (non-hydrogen) atoms. The smallest absolute Gasteiger partial charge is 0.130 e. The summed E-state index contributed by atoms with van der Waals surface area (Å²) in [6.45, 7) is 3.88. The Morgan fingerprint density at radius 1 is 0.909 bits per heavy atom. The molecule has 0 aliphatic heterocycles. The molecule has 2 heterocycles. The summed E-state index contributed by atoms with van der Waals surface area (Å²) in [5.41, 5.74) is 3.22. The predicted octanol–water partition coefficient (Wildman–Crippen LogP) is 3.69. The van der Waals surface area contributed by atoms with Crippen LogP contribution in [0.3, 0.4) is 0 Å². The fourth-order valence-corrected chi connectivity index (χ4v) is 2.49. The van der Waals surface area contributed by atoms with E-state index in [0.717, 1.165) is 22.9 Å². The third-order valence-corrected chi connectivity index (χ3v) is 3.41. The van der Waals surface area contributed by atoms with Crippen molar-refractivity contribution in [3.8, 4) is 0 Å². The van der Waals surface area contributed by atoms with E-state index in [9.17, 15) is 0 Å². The first-order valence-corrected chi connectivity index (χ1v) is 7.26. The third kappa shape index (κ3) is 3.28. The summed E-state index contributed by atoms with van der Waals surface area (Å²) in [4.78, 5) is 13.0. The molecule has 1 N–H and O–H groups in total. The number of nitrogens with zero attached hydrogens (tertiary/aromatic N) is 3. The lowest BCUT2D eigenvalue weighted by molar-refractivity contribution is 0.900. The summed E-state index contributed by atoms with van der Waals surface area (Å²) < 4.78 is 0. The van der Waals surface area contributed by atoms with Crippen LogP contribution in [0.1, 0.15) is 28.7 Å². The molecule has 1 atom stereocenters. The van der Waals surface area contributed by atoms with Gasteiger partial charge in [-0.05, 0) is 31.0 Å². The van der Waals surface area contributed by atoms with Gasteiger partial charge in [-0.3, -0.25) is 4.98 Å². The van der Waals surface area contributed by atoms with Gasteiger partial charge in [0.2, 0.25) is 0 Å². The molecule has 4 nitrogen and oxygen atoms in total. The van der Waals surface area contributed by atoms with Crippen molar-refractivity contribution in [2.45, 2.75) is 19.9 Å². The zero-order valence-corrected chi connectivity index (χ0v) is 12.7. The normalized spacial score (nSPS) is 11.9. The van der Waals surface area contributed by atoms with Gasteiger partial charge in [0, 0.05) is 24.2 Å². The summed E-state index contributed by atoms with van der Waals surface area (Å²) in [5.74, 6) is 1.59. The molecule has 3 aromatic rings. The van der Waals surface area contributed by atoms with Crippen molar-refractivity contribution in [3.05, 3.63) is 83.6 Å². The number of hydrogen-bond acceptors (Lipinski definition) is 4. The number of hydrogen-bond donors (Lipinski definition) is 1. The van der Waals surface area contributed by atoms with E-state index in [1.54, 1.807) is 6.20 Å². The zero-order chi connectivity index (χ0) is 15.4. The van der Waals surface area contributed by atoms with Crippen molar-refractivity contribution in [1.82, 2.24) is 15.0 Å². The number of anilines is 1. The average molecular weight is 290 g/mol.